The Kier molecular flexibility index (Phi) is 4.73. The first-order valence-corrected chi connectivity index (χ1v) is 6.65. The number of carbonyl (C=O) groups excluding carboxylic acids is 1. The molecule has 0 aromatic heterocycles. The van der Waals surface area contributed by atoms with Crippen molar-refractivity contribution in [1.82, 2.24) is 0 Å². The van der Waals surface area contributed by atoms with Crippen LogP contribution in [0.5, 0.6) is 0 Å². The Morgan fingerprint density at radius 2 is 1.71 bits per heavy atom. The Balaban J connectivity index is 2.14. The quantitative estimate of drug-likeness (QED) is 0.352. The van der Waals surface area contributed by atoms with Crippen LogP contribution in [0.15, 0.2) is 48.5 Å². The van der Waals surface area contributed by atoms with Crippen molar-refractivity contribution in [2.24, 2.45) is 0 Å². The normalized spacial score (nSPS) is 10.8. The molecule has 2 aromatic carbocycles. The summed E-state index contributed by atoms with van der Waals surface area (Å²) in [5.74, 6) is -0.254. The van der Waals surface area contributed by atoms with Crippen molar-refractivity contribution >= 4 is 40.7 Å². The highest BCUT2D eigenvalue weighted by Gasteiger charge is 2.07. The van der Waals surface area contributed by atoms with Gasteiger partial charge in [0.05, 0.1) is 15.0 Å². The van der Waals surface area contributed by atoms with E-state index in [1.807, 2.05) is 0 Å². The van der Waals surface area contributed by atoms with Gasteiger partial charge < -0.3 is 0 Å². The Morgan fingerprint density at radius 3 is 2.29 bits per heavy atom. The van der Waals surface area contributed by atoms with Crippen molar-refractivity contribution < 1.29 is 9.72 Å². The summed E-state index contributed by atoms with van der Waals surface area (Å²) in [7, 11) is 0. The molecule has 0 aliphatic carbocycles. The zero-order chi connectivity index (χ0) is 15.4. The first kappa shape index (κ1) is 15.2. The van der Waals surface area contributed by atoms with E-state index in [0.29, 0.717) is 15.6 Å². The molecule has 0 atom stereocenters. The SMILES string of the molecule is O=C(C=Cc1ccc(Cl)c(Cl)c1)c1ccc([N+](=O)[O-])cc1. The summed E-state index contributed by atoms with van der Waals surface area (Å²) in [6.45, 7) is 0. The van der Waals surface area contributed by atoms with Gasteiger partial charge in [0.15, 0.2) is 5.78 Å². The molecule has 6 heteroatoms. The molecule has 0 saturated heterocycles. The van der Waals surface area contributed by atoms with Crippen LogP contribution < -0.4 is 0 Å². The maximum Gasteiger partial charge on any atom is 0.269 e. The van der Waals surface area contributed by atoms with Crippen LogP contribution in [0.4, 0.5) is 5.69 Å². The molecule has 0 heterocycles. The average Bonchev–Trinajstić information content (AvgIpc) is 2.48. The monoisotopic (exact) mass is 321 g/mol. The molecule has 2 rings (SSSR count). The Bertz CT molecular complexity index is 724. The predicted octanol–water partition coefficient (Wildman–Crippen LogP) is 4.80. The number of carbonyl (C=O) groups is 1. The van der Waals surface area contributed by atoms with E-state index < -0.39 is 4.92 Å². The minimum absolute atomic E-state index is 0.0555. The lowest BCUT2D eigenvalue weighted by molar-refractivity contribution is -0.384. The van der Waals surface area contributed by atoms with Crippen molar-refractivity contribution in [3.8, 4) is 0 Å². The number of allylic oxidation sites excluding steroid dienone is 1. The fourth-order valence-electron chi connectivity index (χ4n) is 1.63. The average molecular weight is 322 g/mol. The van der Waals surface area contributed by atoms with Gasteiger partial charge in [0.25, 0.3) is 5.69 Å². The van der Waals surface area contributed by atoms with Crippen LogP contribution in [0.3, 0.4) is 0 Å². The summed E-state index contributed by atoms with van der Waals surface area (Å²) in [5, 5.41) is 11.4. The molecule has 106 valence electrons. The van der Waals surface area contributed by atoms with E-state index in [-0.39, 0.29) is 11.5 Å². The smallest absolute Gasteiger partial charge is 0.269 e. The fourth-order valence-corrected chi connectivity index (χ4v) is 1.94. The van der Waals surface area contributed by atoms with E-state index >= 15 is 0 Å². The predicted molar refractivity (Wildman–Crippen MR) is 82.9 cm³/mol. The number of nitrogens with zero attached hydrogens (tertiary/aromatic N) is 1. The molecule has 0 fully saturated rings. The second-order valence-corrected chi connectivity index (χ2v) is 4.99. The lowest BCUT2D eigenvalue weighted by Gasteiger charge is -1.98. The van der Waals surface area contributed by atoms with E-state index in [0.717, 1.165) is 5.56 Å². The second-order valence-electron chi connectivity index (χ2n) is 4.18. The highest BCUT2D eigenvalue weighted by atomic mass is 35.5. The molecule has 0 amide bonds. The number of rotatable bonds is 4. The van der Waals surface area contributed by atoms with Crippen LogP contribution >= 0.6 is 23.2 Å². The standard InChI is InChI=1S/C15H9Cl2NO3/c16-13-7-1-10(9-14(13)17)2-8-15(19)11-3-5-12(6-4-11)18(20)21/h1-9H. The fraction of sp³-hybridized carbons (Fsp3) is 0. The number of nitro groups is 1. The maximum atomic E-state index is 11.9. The summed E-state index contributed by atoms with van der Waals surface area (Å²) in [6, 6.07) is 10.4. The molecule has 0 saturated carbocycles. The van der Waals surface area contributed by atoms with Crippen molar-refractivity contribution in [3.63, 3.8) is 0 Å². The molecule has 0 N–H and O–H groups in total. The number of nitro benzene ring substituents is 1. The molecule has 0 unspecified atom stereocenters. The highest BCUT2D eigenvalue weighted by molar-refractivity contribution is 6.42. The van der Waals surface area contributed by atoms with Crippen molar-refractivity contribution in [1.29, 1.82) is 0 Å². The molecule has 0 bridgehead atoms. The first-order chi connectivity index (χ1) is 9.97. The van der Waals surface area contributed by atoms with Gasteiger partial charge in [-0.3, -0.25) is 14.9 Å². The van der Waals surface area contributed by atoms with Gasteiger partial charge in [0.1, 0.15) is 0 Å². The van der Waals surface area contributed by atoms with Gasteiger partial charge >= 0.3 is 0 Å². The summed E-state index contributed by atoms with van der Waals surface area (Å²) >= 11 is 11.7. The van der Waals surface area contributed by atoms with E-state index in [1.165, 1.54) is 30.3 Å². The van der Waals surface area contributed by atoms with Crippen molar-refractivity contribution in [2.75, 3.05) is 0 Å². The summed E-state index contributed by atoms with van der Waals surface area (Å²) < 4.78 is 0. The number of hydrogen-bond donors (Lipinski definition) is 0. The molecule has 0 spiro atoms. The number of benzene rings is 2. The third-order valence-corrected chi connectivity index (χ3v) is 3.47. The van der Waals surface area contributed by atoms with Crippen LogP contribution in [-0.2, 0) is 0 Å². The highest BCUT2D eigenvalue weighted by Crippen LogP contribution is 2.23. The summed E-state index contributed by atoms with van der Waals surface area (Å²) in [4.78, 5) is 22.0. The zero-order valence-corrected chi connectivity index (χ0v) is 12.1. The van der Waals surface area contributed by atoms with E-state index in [1.54, 1.807) is 24.3 Å². The topological polar surface area (TPSA) is 60.2 Å². The lowest BCUT2D eigenvalue weighted by atomic mass is 10.1. The molecule has 0 aliphatic rings. The lowest BCUT2D eigenvalue weighted by Crippen LogP contribution is -1.95. The second kappa shape index (κ2) is 6.52. The Morgan fingerprint density at radius 1 is 1.05 bits per heavy atom. The molecule has 4 nitrogen and oxygen atoms in total. The van der Waals surface area contributed by atoms with E-state index in [4.69, 9.17) is 23.2 Å². The maximum absolute atomic E-state index is 11.9. The summed E-state index contributed by atoms with van der Waals surface area (Å²) in [5.41, 5.74) is 1.05. The Labute approximate surface area is 130 Å². The van der Waals surface area contributed by atoms with Crippen molar-refractivity contribution in [3.05, 3.63) is 79.8 Å². The van der Waals surface area contributed by atoms with Gasteiger partial charge in [-0.2, -0.15) is 0 Å². The minimum atomic E-state index is -0.514. The van der Waals surface area contributed by atoms with Crippen molar-refractivity contribution in [2.45, 2.75) is 0 Å². The molecule has 2 aromatic rings. The zero-order valence-electron chi connectivity index (χ0n) is 10.6. The molecular weight excluding hydrogens is 313 g/mol. The van der Waals surface area contributed by atoms with Gasteiger partial charge in [0, 0.05) is 17.7 Å². The van der Waals surface area contributed by atoms with Gasteiger partial charge in [-0.05, 0) is 35.9 Å². The molecule has 0 radical (unpaired) electrons. The van der Waals surface area contributed by atoms with Crippen LogP contribution in [0, 0.1) is 10.1 Å². The third-order valence-electron chi connectivity index (χ3n) is 2.73. The molecule has 0 aliphatic heterocycles. The number of hydrogen-bond acceptors (Lipinski definition) is 3. The van der Waals surface area contributed by atoms with Crippen LogP contribution in [-0.4, -0.2) is 10.7 Å². The Hall–Kier alpha value is -2.17. The van der Waals surface area contributed by atoms with Gasteiger partial charge in [-0.25, -0.2) is 0 Å². The molecule has 21 heavy (non-hydrogen) atoms. The van der Waals surface area contributed by atoms with E-state index in [9.17, 15) is 14.9 Å². The number of ketones is 1. The minimum Gasteiger partial charge on any atom is -0.289 e. The third kappa shape index (κ3) is 3.90. The van der Waals surface area contributed by atoms with Gasteiger partial charge in [-0.1, -0.05) is 35.3 Å². The van der Waals surface area contributed by atoms with Crippen LogP contribution in [0.25, 0.3) is 6.08 Å². The number of non-ortho nitro benzene ring substituents is 1. The van der Waals surface area contributed by atoms with Gasteiger partial charge in [0.2, 0.25) is 0 Å². The van der Waals surface area contributed by atoms with Crippen LogP contribution in [0.2, 0.25) is 10.0 Å². The largest absolute Gasteiger partial charge is 0.289 e. The van der Waals surface area contributed by atoms with Crippen LogP contribution in [0.1, 0.15) is 15.9 Å². The number of halogens is 2. The summed E-state index contributed by atoms with van der Waals surface area (Å²) in [6.07, 6.45) is 2.98. The molecular formula is C15H9Cl2NO3. The first-order valence-electron chi connectivity index (χ1n) is 5.89. The van der Waals surface area contributed by atoms with E-state index in [2.05, 4.69) is 0 Å². The van der Waals surface area contributed by atoms with Gasteiger partial charge in [-0.15, -0.1) is 0 Å².